The van der Waals surface area contributed by atoms with Crippen molar-refractivity contribution < 1.29 is 9.59 Å². The quantitative estimate of drug-likeness (QED) is 0.838. The molecule has 0 unspecified atom stereocenters. The predicted octanol–water partition coefficient (Wildman–Crippen LogP) is 2.61. The molecule has 2 rings (SSSR count). The van der Waals surface area contributed by atoms with Crippen molar-refractivity contribution in [1.29, 1.82) is 0 Å². The Morgan fingerprint density at radius 3 is 2.95 bits per heavy atom. The maximum absolute atomic E-state index is 12.5. The Morgan fingerprint density at radius 2 is 2.25 bits per heavy atom. The predicted molar refractivity (Wildman–Crippen MR) is 79.8 cm³/mol. The molecule has 4 nitrogen and oxygen atoms in total. The Labute approximate surface area is 119 Å². The fourth-order valence-electron chi connectivity index (χ4n) is 2.40. The summed E-state index contributed by atoms with van der Waals surface area (Å²) >= 11 is 0. The number of amides is 2. The number of hydrogen-bond acceptors (Lipinski definition) is 2. The number of nitrogens with one attached hydrogen (secondary N) is 1. The second kappa shape index (κ2) is 6.37. The molecule has 2 amide bonds. The maximum Gasteiger partial charge on any atom is 0.254 e. The van der Waals surface area contributed by atoms with Crippen LogP contribution >= 0.6 is 0 Å². The average Bonchev–Trinajstić information content (AvgIpc) is 2.45. The number of benzene rings is 1. The molecule has 106 valence electrons. The molecule has 0 saturated heterocycles. The number of hydrogen-bond donors (Lipinski definition) is 1. The third kappa shape index (κ3) is 3.07. The van der Waals surface area contributed by atoms with Gasteiger partial charge >= 0.3 is 0 Å². The Morgan fingerprint density at radius 1 is 1.45 bits per heavy atom. The van der Waals surface area contributed by atoms with Gasteiger partial charge in [0, 0.05) is 30.8 Å². The van der Waals surface area contributed by atoms with Gasteiger partial charge in [0.1, 0.15) is 0 Å². The van der Waals surface area contributed by atoms with Crippen LogP contribution in [-0.4, -0.2) is 29.8 Å². The lowest BCUT2D eigenvalue weighted by Gasteiger charge is -2.22. The van der Waals surface area contributed by atoms with Crippen molar-refractivity contribution in [2.75, 3.05) is 18.4 Å². The van der Waals surface area contributed by atoms with E-state index in [2.05, 4.69) is 11.9 Å². The Hall–Kier alpha value is -2.10. The standard InChI is InChI=1S/C16H20N2O2/c1-3-9-18(10-4-2)16(20)13-5-7-14-12(11-13)6-8-15(19)17-14/h3,5,7,11H,1,4,6,8-10H2,2H3,(H,17,19). The lowest BCUT2D eigenvalue weighted by Crippen LogP contribution is -2.32. The first-order valence-electron chi connectivity index (χ1n) is 6.98. The number of fused-ring (bicyclic) bond motifs is 1. The van der Waals surface area contributed by atoms with Gasteiger partial charge in [0.25, 0.3) is 5.91 Å². The fraction of sp³-hybridized carbons (Fsp3) is 0.375. The van der Waals surface area contributed by atoms with Crippen LogP contribution in [0.5, 0.6) is 0 Å². The number of carbonyl (C=O) groups is 2. The third-order valence-corrected chi connectivity index (χ3v) is 3.38. The molecule has 0 aromatic heterocycles. The van der Waals surface area contributed by atoms with E-state index in [0.717, 1.165) is 24.2 Å². The smallest absolute Gasteiger partial charge is 0.254 e. The van der Waals surface area contributed by atoms with Gasteiger partial charge in [0.2, 0.25) is 5.91 Å². The first-order valence-corrected chi connectivity index (χ1v) is 6.98. The summed E-state index contributed by atoms with van der Waals surface area (Å²) in [6, 6.07) is 5.49. The summed E-state index contributed by atoms with van der Waals surface area (Å²) in [5.74, 6) is 0.0577. The van der Waals surface area contributed by atoms with Crippen molar-refractivity contribution in [1.82, 2.24) is 4.90 Å². The highest BCUT2D eigenvalue weighted by atomic mass is 16.2. The molecule has 1 N–H and O–H groups in total. The molecule has 0 fully saturated rings. The van der Waals surface area contributed by atoms with Crippen molar-refractivity contribution in [2.24, 2.45) is 0 Å². The highest BCUT2D eigenvalue weighted by Gasteiger charge is 2.19. The molecule has 1 aliphatic rings. The average molecular weight is 272 g/mol. The molecular weight excluding hydrogens is 252 g/mol. The van der Waals surface area contributed by atoms with Gasteiger partial charge in [0.05, 0.1) is 0 Å². The normalized spacial score (nSPS) is 13.3. The zero-order chi connectivity index (χ0) is 14.5. The van der Waals surface area contributed by atoms with Crippen LogP contribution in [0.2, 0.25) is 0 Å². The van der Waals surface area contributed by atoms with Crippen LogP contribution in [0.15, 0.2) is 30.9 Å². The molecule has 1 heterocycles. The van der Waals surface area contributed by atoms with E-state index < -0.39 is 0 Å². The largest absolute Gasteiger partial charge is 0.335 e. The zero-order valence-corrected chi connectivity index (χ0v) is 11.8. The van der Waals surface area contributed by atoms with Crippen LogP contribution in [0.4, 0.5) is 5.69 Å². The molecule has 20 heavy (non-hydrogen) atoms. The first kappa shape index (κ1) is 14.3. The third-order valence-electron chi connectivity index (χ3n) is 3.38. The molecule has 1 aromatic rings. The summed E-state index contributed by atoms with van der Waals surface area (Å²) in [6.07, 6.45) is 3.83. The summed E-state index contributed by atoms with van der Waals surface area (Å²) < 4.78 is 0. The van der Waals surface area contributed by atoms with E-state index in [1.807, 2.05) is 19.1 Å². The topological polar surface area (TPSA) is 49.4 Å². The van der Waals surface area contributed by atoms with E-state index in [1.165, 1.54) is 0 Å². The molecule has 0 radical (unpaired) electrons. The van der Waals surface area contributed by atoms with E-state index in [-0.39, 0.29) is 11.8 Å². The number of carbonyl (C=O) groups excluding carboxylic acids is 2. The molecule has 1 aliphatic heterocycles. The van der Waals surface area contributed by atoms with Gasteiger partial charge in [-0.1, -0.05) is 13.0 Å². The fourth-order valence-corrected chi connectivity index (χ4v) is 2.40. The van der Waals surface area contributed by atoms with Crippen LogP contribution in [0.3, 0.4) is 0 Å². The SMILES string of the molecule is C=CCN(CCC)C(=O)c1ccc2c(c1)CCC(=O)N2. The summed E-state index contributed by atoms with van der Waals surface area (Å²) in [7, 11) is 0. The number of nitrogens with zero attached hydrogens (tertiary/aromatic N) is 1. The summed E-state index contributed by atoms with van der Waals surface area (Å²) in [5.41, 5.74) is 2.53. The van der Waals surface area contributed by atoms with Gasteiger partial charge in [-0.3, -0.25) is 9.59 Å². The molecule has 0 atom stereocenters. The van der Waals surface area contributed by atoms with E-state index in [9.17, 15) is 9.59 Å². The van der Waals surface area contributed by atoms with E-state index >= 15 is 0 Å². The van der Waals surface area contributed by atoms with Gasteiger partial charge in [0.15, 0.2) is 0 Å². The second-order valence-electron chi connectivity index (χ2n) is 4.96. The van der Waals surface area contributed by atoms with Gasteiger partial charge in [-0.05, 0) is 36.6 Å². The molecule has 4 heteroatoms. The molecule has 0 aliphatic carbocycles. The highest BCUT2D eigenvalue weighted by Crippen LogP contribution is 2.24. The minimum absolute atomic E-state index is 0.0199. The summed E-state index contributed by atoms with van der Waals surface area (Å²) in [4.78, 5) is 25.6. The maximum atomic E-state index is 12.5. The monoisotopic (exact) mass is 272 g/mol. The number of anilines is 1. The molecular formula is C16H20N2O2. The lowest BCUT2D eigenvalue weighted by atomic mass is 10.00. The number of aryl methyl sites for hydroxylation is 1. The minimum atomic E-state index is 0.0199. The van der Waals surface area contributed by atoms with Crippen molar-refractivity contribution in [3.63, 3.8) is 0 Å². The van der Waals surface area contributed by atoms with E-state index in [4.69, 9.17) is 0 Å². The van der Waals surface area contributed by atoms with Crippen molar-refractivity contribution >= 4 is 17.5 Å². The zero-order valence-electron chi connectivity index (χ0n) is 11.8. The van der Waals surface area contributed by atoms with Crippen LogP contribution < -0.4 is 5.32 Å². The van der Waals surface area contributed by atoms with Gasteiger partial charge in [-0.15, -0.1) is 6.58 Å². The van der Waals surface area contributed by atoms with Crippen LogP contribution in [-0.2, 0) is 11.2 Å². The summed E-state index contributed by atoms with van der Waals surface area (Å²) in [5, 5.41) is 2.83. The second-order valence-corrected chi connectivity index (χ2v) is 4.96. The minimum Gasteiger partial charge on any atom is -0.335 e. The Balaban J connectivity index is 2.22. The molecule has 0 bridgehead atoms. The van der Waals surface area contributed by atoms with Gasteiger partial charge < -0.3 is 10.2 Å². The Kier molecular flexibility index (Phi) is 4.56. The lowest BCUT2D eigenvalue weighted by molar-refractivity contribution is -0.116. The van der Waals surface area contributed by atoms with Gasteiger partial charge in [-0.25, -0.2) is 0 Å². The van der Waals surface area contributed by atoms with Crippen molar-refractivity contribution in [2.45, 2.75) is 26.2 Å². The number of rotatable bonds is 5. The Bertz CT molecular complexity index is 537. The molecule has 0 saturated carbocycles. The van der Waals surface area contributed by atoms with Crippen molar-refractivity contribution in [3.8, 4) is 0 Å². The van der Waals surface area contributed by atoms with Crippen molar-refractivity contribution in [3.05, 3.63) is 42.0 Å². The van der Waals surface area contributed by atoms with Crippen LogP contribution in [0.1, 0.15) is 35.7 Å². The molecule has 0 spiro atoms. The van der Waals surface area contributed by atoms with E-state index in [0.29, 0.717) is 24.9 Å². The summed E-state index contributed by atoms with van der Waals surface area (Å²) in [6.45, 7) is 7.02. The first-order chi connectivity index (χ1) is 9.65. The highest BCUT2D eigenvalue weighted by molar-refractivity contribution is 5.98. The van der Waals surface area contributed by atoms with Crippen LogP contribution in [0, 0.1) is 0 Å². The van der Waals surface area contributed by atoms with E-state index in [1.54, 1.807) is 17.0 Å². The van der Waals surface area contributed by atoms with Crippen LogP contribution in [0.25, 0.3) is 0 Å². The van der Waals surface area contributed by atoms with Gasteiger partial charge in [-0.2, -0.15) is 0 Å². The molecule has 1 aromatic carbocycles.